The molecule has 0 saturated carbocycles. The van der Waals surface area contributed by atoms with E-state index in [1.54, 1.807) is 30.6 Å². The molecule has 0 saturated heterocycles. The van der Waals surface area contributed by atoms with Gasteiger partial charge in [0.1, 0.15) is 0 Å². The van der Waals surface area contributed by atoms with E-state index in [0.29, 0.717) is 5.56 Å². The van der Waals surface area contributed by atoms with Crippen LogP contribution in [0.4, 0.5) is 17.6 Å². The molecule has 2 aromatic heterocycles. The van der Waals surface area contributed by atoms with Crippen LogP contribution < -0.4 is 0 Å². The summed E-state index contributed by atoms with van der Waals surface area (Å²) >= 11 is 0. The summed E-state index contributed by atoms with van der Waals surface area (Å²) in [5.74, 6) is -0.278. The first-order valence-electron chi connectivity index (χ1n) is 10.6. The van der Waals surface area contributed by atoms with Gasteiger partial charge in [0.25, 0.3) is 0 Å². The molecule has 0 unspecified atom stereocenters. The monoisotopic (exact) mass is 663 g/mol. The van der Waals surface area contributed by atoms with Crippen molar-refractivity contribution in [2.45, 2.75) is 6.18 Å². The van der Waals surface area contributed by atoms with Gasteiger partial charge in [-0.1, -0.05) is 30.3 Å². The van der Waals surface area contributed by atoms with E-state index in [0.717, 1.165) is 40.2 Å². The van der Waals surface area contributed by atoms with Crippen molar-refractivity contribution >= 4 is 0 Å². The number of hydrogen-bond donors (Lipinski definition) is 0. The van der Waals surface area contributed by atoms with Gasteiger partial charge in [-0.25, -0.2) is 0 Å². The quantitative estimate of drug-likeness (QED) is 0.145. The molecule has 2 heterocycles. The molecule has 0 spiro atoms. The molecule has 183 valence electrons. The summed E-state index contributed by atoms with van der Waals surface area (Å²) in [5.41, 5.74) is 4.07. The second-order valence-electron chi connectivity index (χ2n) is 7.42. The first-order chi connectivity index (χ1) is 16.9. The number of pyridine rings is 2. The molecule has 5 aromatic rings. The van der Waals surface area contributed by atoms with Crippen molar-refractivity contribution in [1.29, 1.82) is 0 Å². The van der Waals surface area contributed by atoms with E-state index in [2.05, 4.69) is 22.1 Å². The molecule has 0 bridgehead atoms. The Bertz CT molecular complexity index is 1360. The minimum Gasteiger partial charge on any atom is -0.305 e. The molecule has 36 heavy (non-hydrogen) atoms. The van der Waals surface area contributed by atoms with Crippen LogP contribution in [-0.2, 0) is 26.3 Å². The molecule has 0 N–H and O–H groups in total. The Hall–Kier alpha value is -3.67. The molecular formula is C29H18F4IrN2-2. The fourth-order valence-corrected chi connectivity index (χ4v) is 3.25. The van der Waals surface area contributed by atoms with Crippen LogP contribution in [0, 0.1) is 17.9 Å². The number of alkyl halides is 3. The van der Waals surface area contributed by atoms with E-state index >= 15 is 0 Å². The van der Waals surface area contributed by atoms with Crippen molar-refractivity contribution < 1.29 is 37.7 Å². The standard InChI is InChI=1S/C18H11F3N.C11H7FN.Ir/c19-18(20,21)16-8-6-13(7-9-16)15-10-11-22-17(12-15)14-4-2-1-3-5-14;12-10-6-4-9(5-7-10)11-3-1-2-8-13-11;/h1-4,6-12H;1-4,6-8H;/q2*-1;. The Morgan fingerprint density at radius 2 is 1.36 bits per heavy atom. The maximum absolute atomic E-state index is 12.6. The van der Waals surface area contributed by atoms with Crippen molar-refractivity contribution in [3.05, 3.63) is 133 Å². The van der Waals surface area contributed by atoms with Gasteiger partial charge in [0, 0.05) is 38.3 Å². The zero-order chi connectivity index (χ0) is 24.7. The Labute approximate surface area is 220 Å². The summed E-state index contributed by atoms with van der Waals surface area (Å²) in [7, 11) is 0. The molecule has 0 amide bonds. The minimum absolute atomic E-state index is 0. The molecule has 7 heteroatoms. The van der Waals surface area contributed by atoms with Gasteiger partial charge >= 0.3 is 6.18 Å². The average Bonchev–Trinajstić information content (AvgIpc) is 2.90. The van der Waals surface area contributed by atoms with Crippen LogP contribution in [-0.4, -0.2) is 9.97 Å². The van der Waals surface area contributed by atoms with Crippen LogP contribution in [0.1, 0.15) is 5.56 Å². The second-order valence-corrected chi connectivity index (χ2v) is 7.42. The molecule has 0 fully saturated rings. The maximum atomic E-state index is 12.6. The van der Waals surface area contributed by atoms with Crippen LogP contribution in [0.3, 0.4) is 0 Å². The van der Waals surface area contributed by atoms with Gasteiger partial charge < -0.3 is 9.97 Å². The van der Waals surface area contributed by atoms with Gasteiger partial charge in [0.15, 0.2) is 0 Å². The van der Waals surface area contributed by atoms with Gasteiger partial charge in [0.05, 0.1) is 5.56 Å². The van der Waals surface area contributed by atoms with E-state index in [1.807, 2.05) is 42.5 Å². The molecule has 0 atom stereocenters. The number of halogens is 4. The third-order valence-corrected chi connectivity index (χ3v) is 5.01. The average molecular weight is 663 g/mol. The maximum Gasteiger partial charge on any atom is 0.416 e. The third-order valence-electron chi connectivity index (χ3n) is 5.01. The number of rotatable bonds is 3. The van der Waals surface area contributed by atoms with Gasteiger partial charge in [-0.2, -0.15) is 13.2 Å². The van der Waals surface area contributed by atoms with E-state index < -0.39 is 11.7 Å². The molecule has 2 nitrogen and oxygen atoms in total. The largest absolute Gasteiger partial charge is 0.416 e. The number of aromatic nitrogens is 2. The summed E-state index contributed by atoms with van der Waals surface area (Å²) in [4.78, 5) is 8.41. The molecule has 5 rings (SSSR count). The van der Waals surface area contributed by atoms with E-state index in [1.165, 1.54) is 24.3 Å². The zero-order valence-electron chi connectivity index (χ0n) is 18.6. The summed E-state index contributed by atoms with van der Waals surface area (Å²) in [5, 5.41) is 0. The number of nitrogens with zero attached hydrogens (tertiary/aromatic N) is 2. The van der Waals surface area contributed by atoms with Crippen LogP contribution >= 0.6 is 0 Å². The van der Waals surface area contributed by atoms with Crippen molar-refractivity contribution in [1.82, 2.24) is 9.97 Å². The van der Waals surface area contributed by atoms with Gasteiger partial charge in [0.2, 0.25) is 0 Å². The molecule has 1 radical (unpaired) electrons. The Kier molecular flexibility index (Phi) is 9.23. The zero-order valence-corrected chi connectivity index (χ0v) is 21.0. The topological polar surface area (TPSA) is 25.8 Å². The summed E-state index contributed by atoms with van der Waals surface area (Å²) in [6.07, 6.45) is -0.976. The molecule has 0 aliphatic rings. The summed E-state index contributed by atoms with van der Waals surface area (Å²) in [6.45, 7) is 0. The van der Waals surface area contributed by atoms with Crippen LogP contribution in [0.25, 0.3) is 33.6 Å². The fourth-order valence-electron chi connectivity index (χ4n) is 3.25. The van der Waals surface area contributed by atoms with Crippen LogP contribution in [0.5, 0.6) is 0 Å². The predicted molar refractivity (Wildman–Crippen MR) is 127 cm³/mol. The fraction of sp³-hybridized carbons (Fsp3) is 0.0345. The van der Waals surface area contributed by atoms with Crippen molar-refractivity contribution in [3.63, 3.8) is 0 Å². The minimum atomic E-state index is -4.32. The summed E-state index contributed by atoms with van der Waals surface area (Å²) < 4.78 is 50.3. The van der Waals surface area contributed by atoms with Gasteiger partial charge in [-0.15, -0.1) is 65.7 Å². The molecular weight excluding hydrogens is 645 g/mol. The van der Waals surface area contributed by atoms with Crippen molar-refractivity contribution in [3.8, 4) is 33.6 Å². The van der Waals surface area contributed by atoms with E-state index in [-0.39, 0.29) is 25.9 Å². The Morgan fingerprint density at radius 1 is 0.639 bits per heavy atom. The Balaban J connectivity index is 0.000000221. The van der Waals surface area contributed by atoms with E-state index in [4.69, 9.17) is 0 Å². The number of hydrogen-bond acceptors (Lipinski definition) is 2. The molecule has 0 aliphatic heterocycles. The first kappa shape index (κ1) is 26.9. The normalized spacial score (nSPS) is 10.6. The van der Waals surface area contributed by atoms with Crippen LogP contribution in [0.2, 0.25) is 0 Å². The Morgan fingerprint density at radius 3 is 1.97 bits per heavy atom. The van der Waals surface area contributed by atoms with Gasteiger partial charge in [-0.05, 0) is 46.8 Å². The second kappa shape index (κ2) is 12.3. The number of benzene rings is 3. The predicted octanol–water partition coefficient (Wildman–Crippen LogP) is 7.92. The SMILES string of the molecule is FC(F)(F)c1ccc(-c2ccnc(-c3[c-]cccc3)c2)cc1.Fc1c[c-]c(-c2ccccn2)cc1.[Ir]. The van der Waals surface area contributed by atoms with Gasteiger partial charge in [-0.3, -0.25) is 4.39 Å². The van der Waals surface area contributed by atoms with Crippen LogP contribution in [0.15, 0.2) is 109 Å². The van der Waals surface area contributed by atoms with E-state index in [9.17, 15) is 17.6 Å². The smallest absolute Gasteiger partial charge is 0.305 e. The molecule has 0 aliphatic carbocycles. The molecule has 3 aromatic carbocycles. The van der Waals surface area contributed by atoms with Crippen molar-refractivity contribution in [2.24, 2.45) is 0 Å². The van der Waals surface area contributed by atoms with Crippen molar-refractivity contribution in [2.75, 3.05) is 0 Å². The third kappa shape index (κ3) is 7.17. The summed E-state index contributed by atoms with van der Waals surface area (Å²) in [6, 6.07) is 32.0. The first-order valence-corrected chi connectivity index (χ1v) is 10.6.